The minimum Gasteiger partial charge on any atom is -0.313 e. The van der Waals surface area contributed by atoms with Crippen molar-refractivity contribution in [2.45, 2.75) is 45.5 Å². The second-order valence-corrected chi connectivity index (χ2v) is 8.70. The molecule has 0 saturated carbocycles. The van der Waals surface area contributed by atoms with Gasteiger partial charge in [0, 0.05) is 12.6 Å². The van der Waals surface area contributed by atoms with Crippen molar-refractivity contribution in [3.63, 3.8) is 0 Å². The molecule has 0 aliphatic carbocycles. The van der Waals surface area contributed by atoms with Crippen LogP contribution in [-0.4, -0.2) is 17.9 Å². The molecule has 0 radical (unpaired) electrons. The molecule has 37 heavy (non-hydrogen) atoms. The molecule has 0 unspecified atom stereocenters. The summed E-state index contributed by atoms with van der Waals surface area (Å²) >= 11 is 5.99. The fourth-order valence-corrected chi connectivity index (χ4v) is 3.68. The van der Waals surface area contributed by atoms with E-state index in [2.05, 4.69) is 4.98 Å². The highest BCUT2D eigenvalue weighted by atomic mass is 35.5. The van der Waals surface area contributed by atoms with Crippen LogP contribution in [0.1, 0.15) is 44.4 Å². The normalized spacial score (nSPS) is 12.0. The van der Waals surface area contributed by atoms with Crippen molar-refractivity contribution >= 4 is 23.2 Å². The summed E-state index contributed by atoms with van der Waals surface area (Å²) in [4.78, 5) is 18.5. The Morgan fingerprint density at radius 1 is 0.838 bits per heavy atom. The van der Waals surface area contributed by atoms with Crippen molar-refractivity contribution in [1.82, 2.24) is 4.98 Å². The number of rotatable bonds is 4. The number of aromatic nitrogens is 1. The van der Waals surface area contributed by atoms with Gasteiger partial charge in [-0.2, -0.15) is 26.3 Å². The van der Waals surface area contributed by atoms with E-state index in [1.807, 2.05) is 13.8 Å². The third-order valence-electron chi connectivity index (χ3n) is 5.51. The van der Waals surface area contributed by atoms with E-state index < -0.39 is 46.2 Å². The van der Waals surface area contributed by atoms with Gasteiger partial charge in [-0.25, -0.2) is 9.37 Å². The Bertz CT molecular complexity index is 1220. The largest absolute Gasteiger partial charge is 0.416 e. The van der Waals surface area contributed by atoms with Crippen molar-refractivity contribution in [3.05, 3.63) is 82.4 Å². The smallest absolute Gasteiger partial charge is 0.313 e. The number of amides is 1. The van der Waals surface area contributed by atoms with E-state index in [1.54, 1.807) is 0 Å². The Balaban J connectivity index is 0.00000235. The minimum absolute atomic E-state index is 0.00350. The van der Waals surface area contributed by atoms with Crippen LogP contribution in [0.2, 0.25) is 5.15 Å². The third-order valence-corrected chi connectivity index (χ3v) is 5.72. The molecule has 0 atom stereocenters. The van der Waals surface area contributed by atoms with Gasteiger partial charge in [0.05, 0.1) is 28.4 Å². The molecule has 1 amide bonds. The van der Waals surface area contributed by atoms with Crippen LogP contribution >= 0.6 is 11.6 Å². The van der Waals surface area contributed by atoms with Crippen LogP contribution < -0.4 is 4.90 Å². The number of nitrogens with zero attached hydrogens (tertiary/aromatic N) is 2. The molecule has 0 N–H and O–H groups in total. The van der Waals surface area contributed by atoms with Gasteiger partial charge in [0.1, 0.15) is 11.0 Å². The molecule has 1 aromatic heterocycles. The van der Waals surface area contributed by atoms with Crippen molar-refractivity contribution < 1.29 is 35.5 Å². The number of hydrogen-bond acceptors (Lipinski definition) is 2. The SMILES string of the molecule is CC.CN(C(=O)C(C)(C)c1cc(C(F)(F)F)cc(C(F)(F)F)c1)c1cnc(Cl)cc1-c1ccc(F)cc1. The Hall–Kier alpha value is -3.14. The number of carbonyl (C=O) groups is 1. The van der Waals surface area contributed by atoms with Crippen molar-refractivity contribution in [2.75, 3.05) is 11.9 Å². The Morgan fingerprint density at radius 3 is 1.76 bits per heavy atom. The third kappa shape index (κ3) is 6.80. The average Bonchev–Trinajstić information content (AvgIpc) is 2.83. The number of pyridine rings is 1. The summed E-state index contributed by atoms with van der Waals surface area (Å²) in [5.41, 5.74) is -4.34. The van der Waals surface area contributed by atoms with Crippen LogP contribution in [0.4, 0.5) is 36.4 Å². The summed E-state index contributed by atoms with van der Waals surface area (Å²) in [5, 5.41) is 0.0564. The quantitative estimate of drug-likeness (QED) is 0.242. The predicted molar refractivity (Wildman–Crippen MR) is 129 cm³/mol. The highest BCUT2D eigenvalue weighted by molar-refractivity contribution is 6.29. The standard InChI is InChI=1S/C24H18ClF7N2O.C2H6/c1-22(2,14-8-15(23(27,28)29)10-16(9-14)24(30,31)32)21(35)34(3)19-12-33-20(25)11-18(19)13-4-6-17(26)7-5-13;1-2/h4-12H,1-3H3;1-2H3. The predicted octanol–water partition coefficient (Wildman–Crippen LogP) is 8.55. The van der Waals surface area contributed by atoms with Crippen LogP contribution in [0.3, 0.4) is 0 Å². The maximum atomic E-state index is 13.5. The number of benzene rings is 2. The molecule has 3 rings (SSSR count). The zero-order valence-electron chi connectivity index (χ0n) is 20.5. The summed E-state index contributed by atoms with van der Waals surface area (Å²) < 4.78 is 93.5. The van der Waals surface area contributed by atoms with Crippen molar-refractivity contribution in [1.29, 1.82) is 0 Å². The van der Waals surface area contributed by atoms with Crippen LogP contribution in [-0.2, 0) is 22.6 Å². The minimum atomic E-state index is -5.06. The van der Waals surface area contributed by atoms with Crippen LogP contribution in [0.25, 0.3) is 11.1 Å². The van der Waals surface area contributed by atoms with E-state index in [1.165, 1.54) is 57.4 Å². The van der Waals surface area contributed by atoms with Gasteiger partial charge in [0.15, 0.2) is 0 Å². The molecule has 0 saturated heterocycles. The average molecular weight is 549 g/mol. The Morgan fingerprint density at radius 2 is 1.30 bits per heavy atom. The van der Waals surface area contributed by atoms with Crippen molar-refractivity contribution in [3.8, 4) is 11.1 Å². The van der Waals surface area contributed by atoms with Gasteiger partial charge in [0.2, 0.25) is 5.91 Å². The lowest BCUT2D eigenvalue weighted by Gasteiger charge is -2.31. The first-order valence-electron chi connectivity index (χ1n) is 11.0. The first-order chi connectivity index (χ1) is 17.0. The van der Waals surface area contributed by atoms with Gasteiger partial charge >= 0.3 is 12.4 Å². The van der Waals surface area contributed by atoms with Crippen molar-refractivity contribution in [2.24, 2.45) is 0 Å². The number of alkyl halides is 6. The summed E-state index contributed by atoms with van der Waals surface area (Å²) in [7, 11) is 1.31. The molecule has 3 aromatic rings. The molecule has 0 spiro atoms. The molecule has 0 aliphatic heterocycles. The first kappa shape index (κ1) is 30.1. The Kier molecular flexibility index (Phi) is 9.01. The lowest BCUT2D eigenvalue weighted by Crippen LogP contribution is -2.42. The topological polar surface area (TPSA) is 33.2 Å². The van der Waals surface area contributed by atoms with E-state index in [4.69, 9.17) is 11.6 Å². The molecule has 0 bridgehead atoms. The maximum Gasteiger partial charge on any atom is 0.416 e. The summed E-state index contributed by atoms with van der Waals surface area (Å²) in [6.45, 7) is 6.45. The van der Waals surface area contributed by atoms with Crippen LogP contribution in [0.5, 0.6) is 0 Å². The molecule has 11 heteroatoms. The van der Waals surface area contributed by atoms with E-state index in [0.29, 0.717) is 23.3 Å². The Labute approximate surface area is 214 Å². The molecule has 0 fully saturated rings. The fourth-order valence-electron chi connectivity index (χ4n) is 3.52. The molecular formula is C26H24ClF7N2O. The number of likely N-dealkylation sites (N-methyl/N-ethyl adjacent to an activating group) is 1. The summed E-state index contributed by atoms with van der Waals surface area (Å²) in [5.74, 6) is -1.32. The number of hydrogen-bond donors (Lipinski definition) is 0. The molecule has 200 valence electrons. The number of halogens is 8. The van der Waals surface area contributed by atoms with Crippen LogP contribution in [0.15, 0.2) is 54.7 Å². The molecule has 0 aliphatic rings. The second kappa shape index (κ2) is 11.1. The number of carbonyl (C=O) groups excluding carboxylic acids is 1. The lowest BCUT2D eigenvalue weighted by atomic mass is 9.81. The second-order valence-electron chi connectivity index (χ2n) is 8.31. The van der Waals surface area contributed by atoms with Crippen LogP contribution in [0, 0.1) is 5.82 Å². The molecule has 3 nitrogen and oxygen atoms in total. The first-order valence-corrected chi connectivity index (χ1v) is 11.4. The lowest BCUT2D eigenvalue weighted by molar-refractivity contribution is -0.143. The summed E-state index contributed by atoms with van der Waals surface area (Å²) in [6, 6.07) is 7.69. The van der Waals surface area contributed by atoms with E-state index in [9.17, 15) is 35.5 Å². The maximum absolute atomic E-state index is 13.5. The van der Waals surface area contributed by atoms with E-state index in [0.717, 1.165) is 4.90 Å². The zero-order valence-corrected chi connectivity index (χ0v) is 21.3. The van der Waals surface area contributed by atoms with E-state index >= 15 is 0 Å². The highest BCUT2D eigenvalue weighted by Gasteiger charge is 2.41. The van der Waals surface area contributed by atoms with Gasteiger partial charge in [-0.1, -0.05) is 37.6 Å². The fraction of sp³-hybridized carbons (Fsp3) is 0.308. The molecule has 2 aromatic carbocycles. The highest BCUT2D eigenvalue weighted by Crippen LogP contribution is 2.40. The number of anilines is 1. The van der Waals surface area contributed by atoms with Gasteiger partial charge in [-0.15, -0.1) is 0 Å². The molecular weight excluding hydrogens is 525 g/mol. The van der Waals surface area contributed by atoms with E-state index in [-0.39, 0.29) is 16.9 Å². The zero-order chi connectivity index (χ0) is 28.3. The van der Waals surface area contributed by atoms with Gasteiger partial charge in [-0.3, -0.25) is 4.79 Å². The van der Waals surface area contributed by atoms with Gasteiger partial charge < -0.3 is 4.90 Å². The van der Waals surface area contributed by atoms with Gasteiger partial charge in [0.25, 0.3) is 0 Å². The summed E-state index contributed by atoms with van der Waals surface area (Å²) in [6.07, 6.45) is -8.88. The van der Waals surface area contributed by atoms with Gasteiger partial charge in [-0.05, 0) is 61.4 Å². The molecule has 1 heterocycles. The monoisotopic (exact) mass is 548 g/mol.